The van der Waals surface area contributed by atoms with Crippen LogP contribution in [-0.4, -0.2) is 57.7 Å². The number of aliphatic hydroxyl groups excluding tert-OH is 1. The predicted octanol–water partition coefficient (Wildman–Crippen LogP) is 3.85. The van der Waals surface area contributed by atoms with Gasteiger partial charge in [-0.1, -0.05) is 66.2 Å². The molecule has 0 bridgehead atoms. The standard InChI is InChI=1S/C24H20ClN3O4/c25-16-10-17-23(28-24(26-17)32-19-12-31-21-18(29)11-30-22(19)21)27-20(16)15-8-6-14(7-9-15)13-4-2-1-3-5-13/h1-10,18-19,21-22,29H,11-12H2,(H,26,27,28)/t18-,19-,21?,22?/m1/s1. The number of pyridine rings is 1. The highest BCUT2D eigenvalue weighted by atomic mass is 35.5. The maximum Gasteiger partial charge on any atom is 0.296 e. The number of aliphatic hydroxyl groups is 1. The molecule has 162 valence electrons. The fraction of sp³-hybridized carbons (Fsp3) is 0.250. The van der Waals surface area contributed by atoms with Gasteiger partial charge in [0, 0.05) is 5.56 Å². The van der Waals surface area contributed by atoms with Gasteiger partial charge in [-0.25, -0.2) is 4.98 Å². The van der Waals surface area contributed by atoms with Crippen LogP contribution in [0.4, 0.5) is 0 Å². The lowest BCUT2D eigenvalue weighted by Crippen LogP contribution is -2.34. The molecule has 2 aromatic carbocycles. The van der Waals surface area contributed by atoms with E-state index in [1.807, 2.05) is 30.3 Å². The Labute approximate surface area is 188 Å². The van der Waals surface area contributed by atoms with Crippen LogP contribution in [0.3, 0.4) is 0 Å². The summed E-state index contributed by atoms with van der Waals surface area (Å²) in [5.74, 6) is 0. The zero-order valence-electron chi connectivity index (χ0n) is 16.9. The lowest BCUT2D eigenvalue weighted by atomic mass is 10.0. The molecule has 4 aromatic rings. The summed E-state index contributed by atoms with van der Waals surface area (Å²) >= 11 is 6.54. The largest absolute Gasteiger partial charge is 0.456 e. The molecule has 4 heterocycles. The zero-order chi connectivity index (χ0) is 21.7. The van der Waals surface area contributed by atoms with Crippen molar-refractivity contribution in [3.63, 3.8) is 0 Å². The second-order valence-electron chi connectivity index (χ2n) is 7.99. The number of imidazole rings is 1. The van der Waals surface area contributed by atoms with E-state index in [-0.39, 0.29) is 24.9 Å². The molecule has 4 atom stereocenters. The van der Waals surface area contributed by atoms with Crippen LogP contribution < -0.4 is 4.74 Å². The van der Waals surface area contributed by atoms with Crippen molar-refractivity contribution in [1.29, 1.82) is 0 Å². The van der Waals surface area contributed by atoms with Gasteiger partial charge in [0.05, 0.1) is 29.4 Å². The minimum atomic E-state index is -0.624. The lowest BCUT2D eigenvalue weighted by Gasteiger charge is -2.15. The summed E-state index contributed by atoms with van der Waals surface area (Å²) in [5.41, 5.74) is 5.02. The van der Waals surface area contributed by atoms with Crippen molar-refractivity contribution in [2.45, 2.75) is 24.4 Å². The Kier molecular flexibility index (Phi) is 4.84. The van der Waals surface area contributed by atoms with Gasteiger partial charge in [0.25, 0.3) is 6.01 Å². The normalized spacial score (nSPS) is 24.7. The van der Waals surface area contributed by atoms with E-state index in [2.05, 4.69) is 39.2 Å². The molecule has 0 amide bonds. The molecule has 2 fully saturated rings. The third-order valence-corrected chi connectivity index (χ3v) is 6.20. The van der Waals surface area contributed by atoms with E-state index in [1.165, 1.54) is 0 Å². The van der Waals surface area contributed by atoms with Gasteiger partial charge in [-0.3, -0.25) is 0 Å². The van der Waals surface area contributed by atoms with Gasteiger partial charge in [-0.2, -0.15) is 4.98 Å². The molecule has 32 heavy (non-hydrogen) atoms. The SMILES string of the molecule is O[C@@H]1COC2C1OC[C@H]2Oc1nc2nc(-c3ccc(-c4ccccc4)cc3)c(Cl)cc2[nH]1. The molecule has 8 heteroatoms. The minimum absolute atomic E-state index is 0.249. The molecule has 2 N–H and O–H groups in total. The molecule has 0 aliphatic carbocycles. The molecular formula is C24H20ClN3O4. The summed E-state index contributed by atoms with van der Waals surface area (Å²) in [6.07, 6.45) is -1.64. The number of fused-ring (bicyclic) bond motifs is 2. The summed E-state index contributed by atoms with van der Waals surface area (Å²) < 4.78 is 17.2. The van der Waals surface area contributed by atoms with E-state index >= 15 is 0 Å². The Hall–Kier alpha value is -2.97. The number of aromatic nitrogens is 3. The third kappa shape index (κ3) is 3.43. The number of hydrogen-bond acceptors (Lipinski definition) is 6. The first kappa shape index (κ1) is 19.7. The van der Waals surface area contributed by atoms with Crippen molar-refractivity contribution in [3.8, 4) is 28.4 Å². The van der Waals surface area contributed by atoms with Crippen LogP contribution in [0.2, 0.25) is 5.02 Å². The Morgan fingerprint density at radius 2 is 1.62 bits per heavy atom. The van der Waals surface area contributed by atoms with E-state index in [9.17, 15) is 5.11 Å². The molecule has 0 radical (unpaired) electrons. The van der Waals surface area contributed by atoms with Crippen LogP contribution in [0.5, 0.6) is 6.01 Å². The van der Waals surface area contributed by atoms with Gasteiger partial charge >= 0.3 is 0 Å². The second-order valence-corrected chi connectivity index (χ2v) is 8.40. The van der Waals surface area contributed by atoms with Crippen molar-refractivity contribution in [1.82, 2.24) is 15.0 Å². The summed E-state index contributed by atoms with van der Waals surface area (Å²) in [6.45, 7) is 0.579. The number of H-pyrrole nitrogens is 1. The van der Waals surface area contributed by atoms with Crippen molar-refractivity contribution >= 4 is 22.8 Å². The van der Waals surface area contributed by atoms with Crippen LogP contribution in [-0.2, 0) is 9.47 Å². The molecular weight excluding hydrogens is 430 g/mol. The minimum Gasteiger partial charge on any atom is -0.456 e. The topological polar surface area (TPSA) is 89.5 Å². The molecule has 2 aromatic heterocycles. The Bertz CT molecular complexity index is 1260. The molecule has 2 unspecified atom stereocenters. The van der Waals surface area contributed by atoms with E-state index in [1.54, 1.807) is 6.07 Å². The Balaban J connectivity index is 1.26. The first-order valence-corrected chi connectivity index (χ1v) is 10.8. The molecule has 2 aliphatic heterocycles. The average molecular weight is 450 g/mol. The average Bonchev–Trinajstić information content (AvgIpc) is 3.51. The smallest absolute Gasteiger partial charge is 0.296 e. The summed E-state index contributed by atoms with van der Waals surface area (Å²) in [7, 11) is 0. The summed E-state index contributed by atoms with van der Waals surface area (Å²) in [6, 6.07) is 20.4. The third-order valence-electron chi connectivity index (χ3n) is 5.92. The number of nitrogens with zero attached hydrogens (tertiary/aromatic N) is 2. The van der Waals surface area contributed by atoms with Gasteiger partial charge in [-0.05, 0) is 17.2 Å². The van der Waals surface area contributed by atoms with Gasteiger partial charge < -0.3 is 24.3 Å². The molecule has 0 saturated carbocycles. The lowest BCUT2D eigenvalue weighted by molar-refractivity contribution is 0.00706. The summed E-state index contributed by atoms with van der Waals surface area (Å²) in [5, 5.41) is 10.4. The Morgan fingerprint density at radius 1 is 0.906 bits per heavy atom. The molecule has 2 saturated heterocycles. The zero-order valence-corrected chi connectivity index (χ0v) is 17.7. The maximum absolute atomic E-state index is 9.90. The van der Waals surface area contributed by atoms with Crippen LogP contribution >= 0.6 is 11.6 Å². The van der Waals surface area contributed by atoms with Gasteiger partial charge in [0.1, 0.15) is 18.3 Å². The Morgan fingerprint density at radius 3 is 2.44 bits per heavy atom. The molecule has 7 nitrogen and oxygen atoms in total. The van der Waals surface area contributed by atoms with E-state index < -0.39 is 6.10 Å². The molecule has 2 aliphatic rings. The predicted molar refractivity (Wildman–Crippen MR) is 120 cm³/mol. The highest BCUT2D eigenvalue weighted by molar-refractivity contribution is 6.33. The number of hydrogen-bond donors (Lipinski definition) is 2. The van der Waals surface area contributed by atoms with Crippen molar-refractivity contribution in [2.24, 2.45) is 0 Å². The van der Waals surface area contributed by atoms with Crippen LogP contribution in [0.25, 0.3) is 33.5 Å². The van der Waals surface area contributed by atoms with Gasteiger partial charge in [-0.15, -0.1) is 0 Å². The quantitative estimate of drug-likeness (QED) is 0.492. The molecule has 0 spiro atoms. The fourth-order valence-electron chi connectivity index (χ4n) is 4.29. The van der Waals surface area contributed by atoms with E-state index in [0.717, 1.165) is 16.7 Å². The van der Waals surface area contributed by atoms with Crippen molar-refractivity contribution in [2.75, 3.05) is 13.2 Å². The number of halogens is 1. The summed E-state index contributed by atoms with van der Waals surface area (Å²) in [4.78, 5) is 12.3. The van der Waals surface area contributed by atoms with Gasteiger partial charge in [0.2, 0.25) is 0 Å². The number of nitrogens with one attached hydrogen (secondary N) is 1. The second kappa shape index (κ2) is 7.86. The van der Waals surface area contributed by atoms with Gasteiger partial charge in [0.15, 0.2) is 11.8 Å². The van der Waals surface area contributed by atoms with Crippen LogP contribution in [0.1, 0.15) is 0 Å². The fourth-order valence-corrected chi connectivity index (χ4v) is 4.55. The van der Waals surface area contributed by atoms with Crippen LogP contribution in [0.15, 0.2) is 60.7 Å². The van der Waals surface area contributed by atoms with Crippen molar-refractivity contribution < 1.29 is 19.3 Å². The number of benzene rings is 2. The first-order valence-electron chi connectivity index (χ1n) is 10.5. The number of aromatic amines is 1. The number of rotatable bonds is 4. The number of ether oxygens (including phenoxy) is 3. The monoisotopic (exact) mass is 449 g/mol. The maximum atomic E-state index is 9.90. The highest BCUT2D eigenvalue weighted by Crippen LogP contribution is 2.33. The van der Waals surface area contributed by atoms with E-state index in [4.69, 9.17) is 25.8 Å². The van der Waals surface area contributed by atoms with Crippen LogP contribution in [0, 0.1) is 0 Å². The van der Waals surface area contributed by atoms with E-state index in [0.29, 0.717) is 34.5 Å². The van der Waals surface area contributed by atoms with Crippen molar-refractivity contribution in [3.05, 3.63) is 65.7 Å². The highest BCUT2D eigenvalue weighted by Gasteiger charge is 2.48. The first-order chi connectivity index (χ1) is 15.7. The molecule has 6 rings (SSSR count).